The summed E-state index contributed by atoms with van der Waals surface area (Å²) in [5, 5.41) is -0.307. The van der Waals surface area contributed by atoms with Gasteiger partial charge in [0.15, 0.2) is 0 Å². The molecule has 0 atom stereocenters. The highest BCUT2D eigenvalue weighted by Crippen LogP contribution is 2.31. The number of nitrogens with zero attached hydrogens (tertiary/aromatic N) is 2. The summed E-state index contributed by atoms with van der Waals surface area (Å²) < 4.78 is 2.00. The van der Waals surface area contributed by atoms with E-state index in [0.29, 0.717) is 4.91 Å². The van der Waals surface area contributed by atoms with Crippen LogP contribution in [0.5, 0.6) is 0 Å². The predicted molar refractivity (Wildman–Crippen MR) is 71.6 cm³/mol. The molecule has 0 aromatic carbocycles. The van der Waals surface area contributed by atoms with Gasteiger partial charge in [-0.15, -0.1) is 6.42 Å². The van der Waals surface area contributed by atoms with Crippen molar-refractivity contribution in [2.75, 3.05) is 6.54 Å². The van der Waals surface area contributed by atoms with Crippen LogP contribution in [0.25, 0.3) is 6.08 Å². The fourth-order valence-corrected chi connectivity index (χ4v) is 2.53. The van der Waals surface area contributed by atoms with Gasteiger partial charge < -0.3 is 4.57 Å². The standard InChI is InChI=1S/C13H12N2O2S/c1-3-7-15-12(16)11(18-13(15)17)9-10-6-5-8-14(10)4-2/h1,5-6,8-9H,4,7H2,2H3/b11-9+. The summed E-state index contributed by atoms with van der Waals surface area (Å²) >= 11 is 0.929. The number of aromatic nitrogens is 1. The summed E-state index contributed by atoms with van der Waals surface area (Å²) in [5.74, 6) is 2.00. The lowest BCUT2D eigenvalue weighted by Crippen LogP contribution is -2.28. The van der Waals surface area contributed by atoms with Crippen LogP contribution in [-0.2, 0) is 11.3 Å². The molecule has 1 aromatic heterocycles. The second kappa shape index (κ2) is 5.15. The molecule has 1 aliphatic rings. The van der Waals surface area contributed by atoms with Gasteiger partial charge in [0.25, 0.3) is 11.1 Å². The summed E-state index contributed by atoms with van der Waals surface area (Å²) in [4.78, 5) is 25.0. The molecule has 18 heavy (non-hydrogen) atoms. The van der Waals surface area contributed by atoms with E-state index in [2.05, 4.69) is 5.92 Å². The average Bonchev–Trinajstić information content (AvgIpc) is 2.90. The Morgan fingerprint density at radius 1 is 1.50 bits per heavy atom. The first-order chi connectivity index (χ1) is 8.67. The number of aryl methyl sites for hydroxylation is 1. The second-order valence-corrected chi connectivity index (χ2v) is 4.68. The summed E-state index contributed by atoms with van der Waals surface area (Å²) in [6, 6.07) is 3.81. The van der Waals surface area contributed by atoms with Crippen LogP contribution in [0.3, 0.4) is 0 Å². The Balaban J connectivity index is 2.28. The average molecular weight is 260 g/mol. The molecule has 0 aliphatic carbocycles. The minimum Gasteiger partial charge on any atom is -0.348 e. The van der Waals surface area contributed by atoms with Gasteiger partial charge in [-0.3, -0.25) is 14.5 Å². The Bertz CT molecular complexity index is 566. The van der Waals surface area contributed by atoms with Gasteiger partial charge in [0.1, 0.15) is 0 Å². The van der Waals surface area contributed by atoms with Crippen LogP contribution in [0.1, 0.15) is 12.6 Å². The van der Waals surface area contributed by atoms with Gasteiger partial charge in [0.2, 0.25) is 0 Å². The number of imide groups is 1. The van der Waals surface area contributed by atoms with E-state index < -0.39 is 0 Å². The monoisotopic (exact) mass is 260 g/mol. The fourth-order valence-electron chi connectivity index (χ4n) is 1.71. The highest BCUT2D eigenvalue weighted by atomic mass is 32.2. The van der Waals surface area contributed by atoms with Crippen LogP contribution in [0.4, 0.5) is 4.79 Å². The SMILES string of the molecule is C#CCN1C(=O)S/C(=C/c2cccn2CC)C1=O. The number of hydrogen-bond acceptors (Lipinski definition) is 3. The predicted octanol–water partition coefficient (Wildman–Crippen LogP) is 2.18. The molecular formula is C13H12N2O2S. The van der Waals surface area contributed by atoms with Gasteiger partial charge >= 0.3 is 0 Å². The van der Waals surface area contributed by atoms with Gasteiger partial charge in [-0.05, 0) is 36.9 Å². The summed E-state index contributed by atoms with van der Waals surface area (Å²) in [5.41, 5.74) is 0.906. The van der Waals surface area contributed by atoms with Crippen molar-refractivity contribution < 1.29 is 9.59 Å². The van der Waals surface area contributed by atoms with Crippen molar-refractivity contribution in [3.63, 3.8) is 0 Å². The van der Waals surface area contributed by atoms with Crippen molar-refractivity contribution in [1.82, 2.24) is 9.47 Å². The van der Waals surface area contributed by atoms with Crippen LogP contribution in [0.2, 0.25) is 0 Å². The van der Waals surface area contributed by atoms with Crippen LogP contribution >= 0.6 is 11.8 Å². The van der Waals surface area contributed by atoms with Crippen molar-refractivity contribution in [1.29, 1.82) is 0 Å². The molecule has 0 unspecified atom stereocenters. The first-order valence-electron chi connectivity index (χ1n) is 5.51. The Labute approximate surface area is 110 Å². The molecule has 0 N–H and O–H groups in total. The maximum atomic E-state index is 11.9. The molecular weight excluding hydrogens is 248 g/mol. The lowest BCUT2D eigenvalue weighted by molar-refractivity contribution is -0.122. The van der Waals surface area contributed by atoms with Crippen molar-refractivity contribution in [3.8, 4) is 12.3 Å². The smallest absolute Gasteiger partial charge is 0.294 e. The summed E-state index contributed by atoms with van der Waals surface area (Å²) in [6.45, 7) is 2.85. The third kappa shape index (κ3) is 2.20. The highest BCUT2D eigenvalue weighted by Gasteiger charge is 2.34. The Kier molecular flexibility index (Phi) is 3.58. The number of amides is 2. The number of terminal acetylenes is 1. The normalized spacial score (nSPS) is 17.6. The Morgan fingerprint density at radius 2 is 2.28 bits per heavy atom. The third-order valence-corrected chi connectivity index (χ3v) is 3.51. The Morgan fingerprint density at radius 3 is 2.94 bits per heavy atom. The van der Waals surface area contributed by atoms with Crippen LogP contribution in [-0.4, -0.2) is 27.2 Å². The highest BCUT2D eigenvalue weighted by molar-refractivity contribution is 8.18. The molecule has 4 nitrogen and oxygen atoms in total. The number of carbonyl (C=O) groups excluding carboxylic acids is 2. The molecule has 5 heteroatoms. The number of thioether (sulfide) groups is 1. The molecule has 2 amide bonds. The maximum absolute atomic E-state index is 11.9. The topological polar surface area (TPSA) is 42.3 Å². The molecule has 1 fully saturated rings. The number of rotatable bonds is 3. The molecule has 0 saturated carbocycles. The van der Waals surface area contributed by atoms with E-state index in [9.17, 15) is 9.59 Å². The Hall–Kier alpha value is -1.93. The van der Waals surface area contributed by atoms with Gasteiger partial charge in [0.05, 0.1) is 11.4 Å². The number of carbonyl (C=O) groups is 2. The van der Waals surface area contributed by atoms with Gasteiger partial charge in [-0.1, -0.05) is 5.92 Å². The van der Waals surface area contributed by atoms with E-state index in [1.807, 2.05) is 29.8 Å². The second-order valence-electron chi connectivity index (χ2n) is 3.69. The van der Waals surface area contributed by atoms with E-state index in [1.165, 1.54) is 0 Å². The minimum atomic E-state index is -0.313. The number of hydrogen-bond donors (Lipinski definition) is 0. The summed E-state index contributed by atoms with van der Waals surface area (Å²) in [6.07, 6.45) is 8.79. The largest absolute Gasteiger partial charge is 0.348 e. The van der Waals surface area contributed by atoms with Gasteiger partial charge in [0, 0.05) is 18.4 Å². The van der Waals surface area contributed by atoms with E-state index in [0.717, 1.165) is 28.9 Å². The lowest BCUT2D eigenvalue weighted by Gasteiger charge is -2.06. The molecule has 2 heterocycles. The van der Waals surface area contributed by atoms with Crippen molar-refractivity contribution in [3.05, 3.63) is 28.9 Å². The van der Waals surface area contributed by atoms with Gasteiger partial charge in [-0.25, -0.2) is 0 Å². The third-order valence-electron chi connectivity index (χ3n) is 2.61. The van der Waals surface area contributed by atoms with E-state index >= 15 is 0 Å². The molecule has 1 aliphatic heterocycles. The fraction of sp³-hybridized carbons (Fsp3) is 0.231. The van der Waals surface area contributed by atoms with Crippen molar-refractivity contribution >= 4 is 29.0 Å². The van der Waals surface area contributed by atoms with Crippen molar-refractivity contribution in [2.24, 2.45) is 0 Å². The maximum Gasteiger partial charge on any atom is 0.294 e. The zero-order chi connectivity index (χ0) is 13.1. The van der Waals surface area contributed by atoms with E-state index in [4.69, 9.17) is 6.42 Å². The summed E-state index contributed by atoms with van der Waals surface area (Å²) in [7, 11) is 0. The van der Waals surface area contributed by atoms with E-state index in [1.54, 1.807) is 6.08 Å². The molecule has 92 valence electrons. The molecule has 1 aromatic rings. The van der Waals surface area contributed by atoms with Gasteiger partial charge in [-0.2, -0.15) is 0 Å². The minimum absolute atomic E-state index is 0.0246. The molecule has 0 spiro atoms. The van der Waals surface area contributed by atoms with Crippen molar-refractivity contribution in [2.45, 2.75) is 13.5 Å². The zero-order valence-electron chi connectivity index (χ0n) is 9.92. The molecule has 0 radical (unpaired) electrons. The van der Waals surface area contributed by atoms with Crippen LogP contribution in [0.15, 0.2) is 23.2 Å². The molecule has 1 saturated heterocycles. The lowest BCUT2D eigenvalue weighted by atomic mass is 10.3. The quantitative estimate of drug-likeness (QED) is 0.618. The van der Waals surface area contributed by atoms with Crippen LogP contribution < -0.4 is 0 Å². The first-order valence-corrected chi connectivity index (χ1v) is 6.33. The van der Waals surface area contributed by atoms with E-state index in [-0.39, 0.29) is 17.7 Å². The van der Waals surface area contributed by atoms with Crippen LogP contribution in [0, 0.1) is 12.3 Å². The molecule has 0 bridgehead atoms. The first kappa shape index (κ1) is 12.5. The zero-order valence-corrected chi connectivity index (χ0v) is 10.7. The molecule has 2 rings (SSSR count).